The lowest BCUT2D eigenvalue weighted by Gasteiger charge is -2.13. The first-order chi connectivity index (χ1) is 8.49. The normalized spacial score (nSPS) is 13.4. The maximum Gasteiger partial charge on any atom is 0.160 e. The van der Waals surface area contributed by atoms with Crippen molar-refractivity contribution in [2.75, 3.05) is 20.6 Å². The Balaban J connectivity index is 2.48. The average molecular weight is 267 g/mol. The van der Waals surface area contributed by atoms with Crippen LogP contribution >= 0.6 is 11.6 Å². The first-order valence-electron chi connectivity index (χ1n) is 6.10. The maximum atomic E-state index is 6.21. The van der Waals surface area contributed by atoms with Gasteiger partial charge >= 0.3 is 0 Å². The molecule has 0 bridgehead atoms. The number of aryl methyl sites for hydroxylation is 1. The molecule has 1 atom stereocenters. The molecule has 0 aliphatic carbocycles. The average Bonchev–Trinajstić information content (AvgIpc) is 2.64. The molecule has 0 aliphatic heterocycles. The van der Waals surface area contributed by atoms with E-state index in [1.54, 1.807) is 0 Å². The van der Waals surface area contributed by atoms with Gasteiger partial charge in [-0.25, -0.2) is 9.97 Å². The fraction of sp³-hybridized carbons (Fsp3) is 0.538. The molecule has 2 heterocycles. The Labute approximate surface area is 113 Å². The molecule has 0 spiro atoms. The standard InChI is InChI=1S/C13H19ClN4/c1-9-7-11-13(15-8-9)18(6-5-17(3)4)12(16-11)10(2)14/h7-8,10H,5-6H2,1-4H3. The Morgan fingerprint density at radius 3 is 2.78 bits per heavy atom. The van der Waals surface area contributed by atoms with Gasteiger partial charge in [0.25, 0.3) is 0 Å². The molecule has 0 saturated carbocycles. The number of alkyl halides is 1. The van der Waals surface area contributed by atoms with Crippen LogP contribution in [-0.4, -0.2) is 40.1 Å². The van der Waals surface area contributed by atoms with E-state index in [-0.39, 0.29) is 5.38 Å². The van der Waals surface area contributed by atoms with Crippen LogP contribution in [0.4, 0.5) is 0 Å². The van der Waals surface area contributed by atoms with Gasteiger partial charge in [0.1, 0.15) is 11.3 Å². The molecule has 1 unspecified atom stereocenters. The summed E-state index contributed by atoms with van der Waals surface area (Å²) >= 11 is 6.21. The predicted molar refractivity (Wildman–Crippen MR) is 75.1 cm³/mol. The van der Waals surface area contributed by atoms with Crippen molar-refractivity contribution in [3.05, 3.63) is 23.7 Å². The molecule has 4 nitrogen and oxygen atoms in total. The van der Waals surface area contributed by atoms with E-state index in [0.29, 0.717) is 0 Å². The van der Waals surface area contributed by atoms with E-state index in [4.69, 9.17) is 11.6 Å². The first kappa shape index (κ1) is 13.3. The summed E-state index contributed by atoms with van der Waals surface area (Å²) in [6.45, 7) is 5.76. The SMILES string of the molecule is Cc1cnc2c(c1)nc(C(C)Cl)n2CCN(C)C. The molecular formula is C13H19ClN4. The molecule has 2 rings (SSSR count). The number of hydrogen-bond donors (Lipinski definition) is 0. The molecule has 0 aromatic carbocycles. The van der Waals surface area contributed by atoms with Gasteiger partial charge in [-0.05, 0) is 39.6 Å². The third-order valence-electron chi connectivity index (χ3n) is 2.88. The van der Waals surface area contributed by atoms with E-state index in [1.807, 2.05) is 20.0 Å². The van der Waals surface area contributed by atoms with E-state index < -0.39 is 0 Å². The monoisotopic (exact) mass is 266 g/mol. The topological polar surface area (TPSA) is 34.0 Å². The van der Waals surface area contributed by atoms with E-state index in [0.717, 1.165) is 35.6 Å². The molecule has 0 fully saturated rings. The van der Waals surface area contributed by atoms with Crippen molar-refractivity contribution in [1.29, 1.82) is 0 Å². The van der Waals surface area contributed by atoms with Gasteiger partial charge in [0.15, 0.2) is 5.65 Å². The van der Waals surface area contributed by atoms with E-state index >= 15 is 0 Å². The zero-order chi connectivity index (χ0) is 13.3. The lowest BCUT2D eigenvalue weighted by atomic mass is 10.3. The molecule has 2 aromatic heterocycles. The first-order valence-corrected chi connectivity index (χ1v) is 6.54. The molecule has 2 aromatic rings. The van der Waals surface area contributed by atoms with Crippen LogP contribution in [0.15, 0.2) is 12.3 Å². The number of hydrogen-bond acceptors (Lipinski definition) is 3. The highest BCUT2D eigenvalue weighted by molar-refractivity contribution is 6.20. The molecule has 18 heavy (non-hydrogen) atoms. The van der Waals surface area contributed by atoms with Gasteiger partial charge in [-0.2, -0.15) is 0 Å². The Morgan fingerprint density at radius 1 is 1.44 bits per heavy atom. The van der Waals surface area contributed by atoms with Crippen LogP contribution in [0.5, 0.6) is 0 Å². The Hall–Kier alpha value is -1.13. The quantitative estimate of drug-likeness (QED) is 0.798. The van der Waals surface area contributed by atoms with Gasteiger partial charge in [-0.1, -0.05) is 0 Å². The Kier molecular flexibility index (Phi) is 3.88. The lowest BCUT2D eigenvalue weighted by molar-refractivity contribution is 0.383. The summed E-state index contributed by atoms with van der Waals surface area (Å²) in [6, 6.07) is 2.05. The van der Waals surface area contributed by atoms with Gasteiger partial charge in [0, 0.05) is 19.3 Å². The van der Waals surface area contributed by atoms with Crippen molar-refractivity contribution in [3.8, 4) is 0 Å². The number of halogens is 1. The molecule has 0 N–H and O–H groups in total. The Morgan fingerprint density at radius 2 is 2.17 bits per heavy atom. The number of fused-ring (bicyclic) bond motifs is 1. The largest absolute Gasteiger partial charge is 0.310 e. The minimum Gasteiger partial charge on any atom is -0.310 e. The van der Waals surface area contributed by atoms with E-state index in [9.17, 15) is 0 Å². The molecular weight excluding hydrogens is 248 g/mol. The fourth-order valence-electron chi connectivity index (χ4n) is 1.95. The van der Waals surface area contributed by atoms with Crippen LogP contribution in [0.1, 0.15) is 23.7 Å². The molecule has 0 saturated heterocycles. The fourth-order valence-corrected chi connectivity index (χ4v) is 2.12. The second kappa shape index (κ2) is 5.24. The summed E-state index contributed by atoms with van der Waals surface area (Å²) in [5.41, 5.74) is 2.97. The van der Waals surface area contributed by atoms with Crippen molar-refractivity contribution >= 4 is 22.8 Å². The maximum absolute atomic E-state index is 6.21. The number of imidazole rings is 1. The molecule has 0 amide bonds. The van der Waals surface area contributed by atoms with Crippen molar-refractivity contribution in [1.82, 2.24) is 19.4 Å². The van der Waals surface area contributed by atoms with Gasteiger partial charge in [-0.15, -0.1) is 11.6 Å². The third-order valence-corrected chi connectivity index (χ3v) is 3.07. The lowest BCUT2D eigenvalue weighted by Crippen LogP contribution is -2.20. The van der Waals surface area contributed by atoms with Crippen LogP contribution in [0.2, 0.25) is 0 Å². The van der Waals surface area contributed by atoms with Crippen molar-refractivity contribution < 1.29 is 0 Å². The van der Waals surface area contributed by atoms with Gasteiger partial charge in [-0.3, -0.25) is 0 Å². The highest BCUT2D eigenvalue weighted by atomic mass is 35.5. The van der Waals surface area contributed by atoms with Crippen molar-refractivity contribution in [2.45, 2.75) is 25.8 Å². The summed E-state index contributed by atoms with van der Waals surface area (Å²) in [4.78, 5) is 11.2. The number of nitrogens with zero attached hydrogens (tertiary/aromatic N) is 4. The van der Waals surface area contributed by atoms with E-state index in [2.05, 4.69) is 39.6 Å². The summed E-state index contributed by atoms with van der Waals surface area (Å²) in [5, 5.41) is -0.110. The number of aromatic nitrogens is 3. The van der Waals surface area contributed by atoms with Gasteiger partial charge in [0.2, 0.25) is 0 Å². The summed E-state index contributed by atoms with van der Waals surface area (Å²) in [5.74, 6) is 0.895. The van der Waals surface area contributed by atoms with Crippen molar-refractivity contribution in [2.24, 2.45) is 0 Å². The zero-order valence-electron chi connectivity index (χ0n) is 11.3. The molecule has 98 valence electrons. The van der Waals surface area contributed by atoms with Crippen LogP contribution in [0.25, 0.3) is 11.2 Å². The van der Waals surface area contributed by atoms with Gasteiger partial charge in [0.05, 0.1) is 5.38 Å². The minimum absolute atomic E-state index is 0.110. The highest BCUT2D eigenvalue weighted by Crippen LogP contribution is 2.23. The van der Waals surface area contributed by atoms with Crippen molar-refractivity contribution in [3.63, 3.8) is 0 Å². The molecule has 0 aliphatic rings. The van der Waals surface area contributed by atoms with Crippen LogP contribution in [-0.2, 0) is 6.54 Å². The van der Waals surface area contributed by atoms with Crippen LogP contribution in [0.3, 0.4) is 0 Å². The summed E-state index contributed by atoms with van der Waals surface area (Å²) in [7, 11) is 4.11. The second-order valence-electron chi connectivity index (χ2n) is 4.90. The highest BCUT2D eigenvalue weighted by Gasteiger charge is 2.15. The number of pyridine rings is 1. The molecule has 5 heteroatoms. The van der Waals surface area contributed by atoms with E-state index in [1.165, 1.54) is 0 Å². The summed E-state index contributed by atoms with van der Waals surface area (Å²) in [6.07, 6.45) is 1.87. The minimum atomic E-state index is -0.110. The van der Waals surface area contributed by atoms with Gasteiger partial charge < -0.3 is 9.47 Å². The molecule has 0 radical (unpaired) electrons. The number of likely N-dealkylation sites (N-methyl/N-ethyl adjacent to an activating group) is 1. The second-order valence-corrected chi connectivity index (χ2v) is 5.55. The predicted octanol–water partition coefficient (Wildman–Crippen LogP) is 2.60. The van der Waals surface area contributed by atoms with Crippen LogP contribution in [0, 0.1) is 6.92 Å². The Bertz CT molecular complexity index is 545. The third kappa shape index (κ3) is 2.65. The smallest absolute Gasteiger partial charge is 0.160 e. The van der Waals surface area contributed by atoms with Crippen LogP contribution < -0.4 is 0 Å². The number of rotatable bonds is 4. The zero-order valence-corrected chi connectivity index (χ0v) is 12.1. The summed E-state index contributed by atoms with van der Waals surface area (Å²) < 4.78 is 2.12.